The third kappa shape index (κ3) is 6.79. The number of hydrogen-bond donors (Lipinski definition) is 2. The summed E-state index contributed by atoms with van der Waals surface area (Å²) in [6.45, 7) is 15.0. The van der Waals surface area contributed by atoms with Gasteiger partial charge in [0, 0.05) is 64.2 Å². The average Bonchev–Trinajstić information content (AvgIpc) is 3.09. The van der Waals surface area contributed by atoms with Gasteiger partial charge in [0.25, 0.3) is 0 Å². The first-order valence-corrected chi connectivity index (χ1v) is 11.8. The molecule has 7 heteroatoms. The Morgan fingerprint density at radius 3 is 2.30 bits per heavy atom. The summed E-state index contributed by atoms with van der Waals surface area (Å²) in [6, 6.07) is 8.96. The zero-order valence-corrected chi connectivity index (χ0v) is 19.7. The summed E-state index contributed by atoms with van der Waals surface area (Å²) in [7, 11) is 1.81. The predicted molar refractivity (Wildman–Crippen MR) is 127 cm³/mol. The molecule has 1 aromatic carbocycles. The molecule has 1 saturated heterocycles. The van der Waals surface area contributed by atoms with Crippen molar-refractivity contribution in [2.45, 2.75) is 40.3 Å². The topological polar surface area (TPSA) is 55.8 Å². The third-order valence-electron chi connectivity index (χ3n) is 5.73. The fourth-order valence-corrected chi connectivity index (χ4v) is 4.56. The van der Waals surface area contributed by atoms with Crippen LogP contribution in [0.3, 0.4) is 0 Å². The van der Waals surface area contributed by atoms with Gasteiger partial charge in [-0.3, -0.25) is 9.89 Å². The SMILES string of the molecule is CCN1CCN(Cc2ccc(CNC(=NC)NCCc3nc(C)c(C)s3)cc2)CC1. The lowest BCUT2D eigenvalue weighted by Crippen LogP contribution is -2.45. The number of guanidine groups is 1. The van der Waals surface area contributed by atoms with Crippen molar-refractivity contribution in [3.05, 3.63) is 51.0 Å². The van der Waals surface area contributed by atoms with E-state index in [9.17, 15) is 0 Å². The van der Waals surface area contributed by atoms with Gasteiger partial charge in [-0.1, -0.05) is 31.2 Å². The molecule has 0 bridgehead atoms. The van der Waals surface area contributed by atoms with E-state index in [1.807, 2.05) is 7.05 Å². The second kappa shape index (κ2) is 11.4. The molecule has 1 aliphatic heterocycles. The summed E-state index contributed by atoms with van der Waals surface area (Å²) in [4.78, 5) is 15.3. The van der Waals surface area contributed by atoms with E-state index in [1.54, 1.807) is 11.3 Å². The number of aryl methyl sites for hydroxylation is 2. The van der Waals surface area contributed by atoms with Crippen LogP contribution in [0.5, 0.6) is 0 Å². The molecule has 0 amide bonds. The molecule has 1 fully saturated rings. The molecule has 3 rings (SSSR count). The van der Waals surface area contributed by atoms with Crippen LogP contribution in [0, 0.1) is 13.8 Å². The minimum Gasteiger partial charge on any atom is -0.356 e. The molecule has 6 nitrogen and oxygen atoms in total. The second-order valence-electron chi connectivity index (χ2n) is 7.88. The van der Waals surface area contributed by atoms with Crippen molar-refractivity contribution in [2.75, 3.05) is 46.3 Å². The largest absolute Gasteiger partial charge is 0.356 e. The van der Waals surface area contributed by atoms with Gasteiger partial charge >= 0.3 is 0 Å². The Balaban J connectivity index is 1.39. The lowest BCUT2D eigenvalue weighted by atomic mass is 10.1. The van der Waals surface area contributed by atoms with Crippen LogP contribution < -0.4 is 10.6 Å². The molecule has 2 heterocycles. The van der Waals surface area contributed by atoms with Crippen LogP contribution in [0.4, 0.5) is 0 Å². The molecule has 0 aliphatic carbocycles. The summed E-state index contributed by atoms with van der Waals surface area (Å²) in [5.41, 5.74) is 3.80. The van der Waals surface area contributed by atoms with E-state index in [2.05, 4.69) is 75.4 Å². The maximum absolute atomic E-state index is 4.60. The number of aliphatic imine (C=N–C) groups is 1. The molecule has 0 unspecified atom stereocenters. The summed E-state index contributed by atoms with van der Waals surface area (Å²) in [6.07, 6.45) is 0.918. The van der Waals surface area contributed by atoms with Crippen molar-refractivity contribution in [3.63, 3.8) is 0 Å². The standard InChI is InChI=1S/C23H36N6S/c1-5-28-12-14-29(15-13-28)17-21-8-6-20(7-9-21)16-26-23(24-4)25-11-10-22-27-18(2)19(3)30-22/h6-9H,5,10-17H2,1-4H3,(H2,24,25,26). The molecule has 0 saturated carbocycles. The molecule has 0 radical (unpaired) electrons. The van der Waals surface area contributed by atoms with Crippen LogP contribution in [0.25, 0.3) is 0 Å². The Kier molecular flexibility index (Phi) is 8.66. The lowest BCUT2D eigenvalue weighted by Gasteiger charge is -2.34. The zero-order valence-electron chi connectivity index (χ0n) is 18.9. The van der Waals surface area contributed by atoms with Gasteiger partial charge in [0.1, 0.15) is 0 Å². The van der Waals surface area contributed by atoms with Crippen molar-refractivity contribution < 1.29 is 0 Å². The van der Waals surface area contributed by atoms with Crippen LogP contribution in [0.15, 0.2) is 29.3 Å². The van der Waals surface area contributed by atoms with Gasteiger partial charge in [0.05, 0.1) is 10.7 Å². The first-order valence-electron chi connectivity index (χ1n) is 11.0. The summed E-state index contributed by atoms with van der Waals surface area (Å²) in [5, 5.41) is 7.97. The first kappa shape index (κ1) is 22.7. The number of rotatable bonds is 8. The minimum absolute atomic E-state index is 0.768. The second-order valence-corrected chi connectivity index (χ2v) is 9.17. The average molecular weight is 429 g/mol. The summed E-state index contributed by atoms with van der Waals surface area (Å²) in [5.74, 6) is 0.831. The highest BCUT2D eigenvalue weighted by Crippen LogP contribution is 2.16. The van der Waals surface area contributed by atoms with Crippen molar-refractivity contribution >= 4 is 17.3 Å². The van der Waals surface area contributed by atoms with Gasteiger partial charge in [-0.25, -0.2) is 4.98 Å². The molecular formula is C23H36N6S. The van der Waals surface area contributed by atoms with Crippen molar-refractivity contribution in [1.82, 2.24) is 25.4 Å². The smallest absolute Gasteiger partial charge is 0.191 e. The number of hydrogen-bond acceptors (Lipinski definition) is 5. The van der Waals surface area contributed by atoms with Gasteiger partial charge in [-0.15, -0.1) is 11.3 Å². The van der Waals surface area contributed by atoms with Crippen LogP contribution in [0.2, 0.25) is 0 Å². The molecule has 2 aromatic rings. The highest BCUT2D eigenvalue weighted by molar-refractivity contribution is 7.11. The number of nitrogens with zero attached hydrogens (tertiary/aromatic N) is 4. The Morgan fingerprint density at radius 2 is 1.70 bits per heavy atom. The number of piperazine rings is 1. The molecule has 1 aliphatic rings. The van der Waals surface area contributed by atoms with E-state index in [0.29, 0.717) is 0 Å². The molecule has 2 N–H and O–H groups in total. The summed E-state index contributed by atoms with van der Waals surface area (Å²) >= 11 is 1.78. The van der Waals surface area contributed by atoms with Crippen molar-refractivity contribution in [3.8, 4) is 0 Å². The fourth-order valence-electron chi connectivity index (χ4n) is 3.62. The van der Waals surface area contributed by atoms with E-state index < -0.39 is 0 Å². The monoisotopic (exact) mass is 428 g/mol. The van der Waals surface area contributed by atoms with Gasteiger partial charge in [0.2, 0.25) is 0 Å². The van der Waals surface area contributed by atoms with E-state index >= 15 is 0 Å². The van der Waals surface area contributed by atoms with Crippen LogP contribution in [-0.2, 0) is 19.5 Å². The van der Waals surface area contributed by atoms with E-state index in [0.717, 1.165) is 44.3 Å². The number of nitrogens with one attached hydrogen (secondary N) is 2. The van der Waals surface area contributed by atoms with Gasteiger partial charge in [-0.2, -0.15) is 0 Å². The Morgan fingerprint density at radius 1 is 1.03 bits per heavy atom. The molecule has 1 aromatic heterocycles. The van der Waals surface area contributed by atoms with Crippen LogP contribution >= 0.6 is 11.3 Å². The number of likely N-dealkylation sites (N-methyl/N-ethyl adjacent to an activating group) is 1. The Bertz CT molecular complexity index is 786. The third-order valence-corrected chi connectivity index (χ3v) is 6.86. The maximum atomic E-state index is 4.60. The maximum Gasteiger partial charge on any atom is 0.191 e. The highest BCUT2D eigenvalue weighted by atomic mass is 32.1. The summed E-state index contributed by atoms with van der Waals surface area (Å²) < 4.78 is 0. The highest BCUT2D eigenvalue weighted by Gasteiger charge is 2.15. The Hall–Kier alpha value is -1.96. The first-order chi connectivity index (χ1) is 14.6. The van der Waals surface area contributed by atoms with E-state index in [1.165, 1.54) is 47.2 Å². The lowest BCUT2D eigenvalue weighted by molar-refractivity contribution is 0.132. The van der Waals surface area contributed by atoms with Gasteiger partial charge < -0.3 is 15.5 Å². The molecule has 0 atom stereocenters. The number of thiazole rings is 1. The Labute approximate surface area is 185 Å². The number of aromatic nitrogens is 1. The van der Waals surface area contributed by atoms with E-state index in [-0.39, 0.29) is 0 Å². The predicted octanol–water partition coefficient (Wildman–Crippen LogP) is 2.81. The van der Waals surface area contributed by atoms with Crippen molar-refractivity contribution in [1.29, 1.82) is 0 Å². The number of benzene rings is 1. The minimum atomic E-state index is 0.768. The molecule has 0 spiro atoms. The quantitative estimate of drug-likeness (QED) is 0.500. The molecular weight excluding hydrogens is 392 g/mol. The van der Waals surface area contributed by atoms with E-state index in [4.69, 9.17) is 0 Å². The molecule has 164 valence electrons. The zero-order chi connectivity index (χ0) is 21.3. The van der Waals surface area contributed by atoms with Crippen LogP contribution in [0.1, 0.15) is 33.6 Å². The van der Waals surface area contributed by atoms with Crippen LogP contribution in [-0.4, -0.2) is 67.1 Å². The fraction of sp³-hybridized carbons (Fsp3) is 0.565. The van der Waals surface area contributed by atoms with Gasteiger partial charge in [0.15, 0.2) is 5.96 Å². The molecule has 30 heavy (non-hydrogen) atoms. The normalized spacial score (nSPS) is 16.1. The van der Waals surface area contributed by atoms with Crippen molar-refractivity contribution in [2.24, 2.45) is 4.99 Å². The van der Waals surface area contributed by atoms with Gasteiger partial charge in [-0.05, 0) is 31.5 Å².